The molecule has 0 saturated carbocycles. The third kappa shape index (κ3) is 4.58. The summed E-state index contributed by atoms with van der Waals surface area (Å²) in [6, 6.07) is 0. The lowest BCUT2D eigenvalue weighted by molar-refractivity contribution is -0.113. The second-order valence-electron chi connectivity index (χ2n) is 3.67. The van der Waals surface area contributed by atoms with E-state index in [2.05, 4.69) is 32.4 Å². The van der Waals surface area contributed by atoms with Gasteiger partial charge in [0, 0.05) is 11.9 Å². The van der Waals surface area contributed by atoms with E-state index < -0.39 is 0 Å². The van der Waals surface area contributed by atoms with Crippen molar-refractivity contribution < 1.29 is 4.79 Å². The smallest absolute Gasteiger partial charge is 0.236 e. The highest BCUT2D eigenvalue weighted by Crippen LogP contribution is 2.25. The average Bonchev–Trinajstić information content (AvgIpc) is 3.03. The maximum atomic E-state index is 11.7. The third-order valence-electron chi connectivity index (χ3n) is 2.00. The molecule has 2 rings (SSSR count). The first-order valence-electron chi connectivity index (χ1n) is 5.70. The van der Waals surface area contributed by atoms with Gasteiger partial charge in [0.1, 0.15) is 0 Å². The number of thiazole rings is 1. The first-order valence-corrected chi connectivity index (χ1v) is 8.38. The van der Waals surface area contributed by atoms with E-state index >= 15 is 0 Å². The van der Waals surface area contributed by atoms with E-state index in [4.69, 9.17) is 0 Å². The lowest BCUT2D eigenvalue weighted by Crippen LogP contribution is -2.13. The Labute approximate surface area is 128 Å². The fraction of sp³-hybridized carbons (Fsp3) is 0.273. The summed E-state index contributed by atoms with van der Waals surface area (Å²) in [6.45, 7) is 6.15. The Kier molecular flexibility index (Phi) is 5.50. The fourth-order valence-electron chi connectivity index (χ4n) is 1.19. The Morgan fingerprint density at radius 3 is 3.05 bits per heavy atom. The summed E-state index contributed by atoms with van der Waals surface area (Å²) in [6.07, 6.45) is 1.75. The number of rotatable bonds is 7. The minimum Gasteiger partial charge on any atom is -0.357 e. The number of hydrogen-bond acceptors (Lipinski definition) is 8. The third-order valence-corrected chi connectivity index (χ3v) is 4.89. The van der Waals surface area contributed by atoms with E-state index in [1.807, 2.05) is 12.3 Å². The van der Waals surface area contributed by atoms with Gasteiger partial charge in [0.25, 0.3) is 0 Å². The number of amides is 1. The van der Waals surface area contributed by atoms with Crippen LogP contribution in [0.2, 0.25) is 0 Å². The monoisotopic (exact) mass is 327 g/mol. The van der Waals surface area contributed by atoms with Gasteiger partial charge in [0.15, 0.2) is 9.47 Å². The number of nitrogens with one attached hydrogen (secondary N) is 2. The molecule has 0 radical (unpaired) electrons. The SMILES string of the molecule is C=CCNc1nnc(SCC(=O)Nc2nc(C)cs2)s1. The summed E-state index contributed by atoms with van der Waals surface area (Å²) in [5.74, 6) is 0.189. The van der Waals surface area contributed by atoms with E-state index in [0.717, 1.165) is 15.2 Å². The summed E-state index contributed by atoms with van der Waals surface area (Å²) in [4.78, 5) is 15.9. The van der Waals surface area contributed by atoms with Gasteiger partial charge in [-0.05, 0) is 6.92 Å². The molecular formula is C11H13N5OS3. The number of anilines is 2. The van der Waals surface area contributed by atoms with Crippen LogP contribution in [0.1, 0.15) is 5.69 Å². The number of carbonyl (C=O) groups excluding carboxylic acids is 1. The Hall–Kier alpha value is -1.45. The first kappa shape index (κ1) is 14.9. The first-order chi connectivity index (χ1) is 9.67. The average molecular weight is 327 g/mol. The minimum atomic E-state index is -0.0971. The number of aromatic nitrogens is 3. The van der Waals surface area contributed by atoms with Crippen molar-refractivity contribution in [2.45, 2.75) is 11.3 Å². The van der Waals surface area contributed by atoms with Crippen LogP contribution in [0.3, 0.4) is 0 Å². The van der Waals surface area contributed by atoms with Crippen LogP contribution < -0.4 is 10.6 Å². The zero-order valence-electron chi connectivity index (χ0n) is 10.8. The summed E-state index contributed by atoms with van der Waals surface area (Å²) < 4.78 is 0.752. The van der Waals surface area contributed by atoms with Crippen molar-refractivity contribution in [2.75, 3.05) is 22.9 Å². The molecule has 20 heavy (non-hydrogen) atoms. The molecule has 0 spiro atoms. The second-order valence-corrected chi connectivity index (χ2v) is 6.73. The predicted molar refractivity (Wildman–Crippen MR) is 84.8 cm³/mol. The molecule has 2 N–H and O–H groups in total. The van der Waals surface area contributed by atoms with Crippen molar-refractivity contribution in [1.29, 1.82) is 0 Å². The van der Waals surface area contributed by atoms with Gasteiger partial charge in [0.2, 0.25) is 11.0 Å². The van der Waals surface area contributed by atoms with Crippen molar-refractivity contribution in [3.05, 3.63) is 23.7 Å². The topological polar surface area (TPSA) is 79.8 Å². The molecule has 0 bridgehead atoms. The zero-order chi connectivity index (χ0) is 14.4. The Bertz CT molecular complexity index is 594. The quantitative estimate of drug-likeness (QED) is 0.601. The van der Waals surface area contributed by atoms with Gasteiger partial charge < -0.3 is 10.6 Å². The van der Waals surface area contributed by atoms with E-state index in [1.165, 1.54) is 34.4 Å². The van der Waals surface area contributed by atoms with Crippen molar-refractivity contribution in [2.24, 2.45) is 0 Å². The largest absolute Gasteiger partial charge is 0.357 e. The zero-order valence-corrected chi connectivity index (χ0v) is 13.2. The fourth-order valence-corrected chi connectivity index (χ4v) is 3.46. The van der Waals surface area contributed by atoms with Gasteiger partial charge in [-0.15, -0.1) is 28.1 Å². The number of carbonyl (C=O) groups is 1. The van der Waals surface area contributed by atoms with Crippen LogP contribution in [-0.2, 0) is 4.79 Å². The predicted octanol–water partition coefficient (Wildman–Crippen LogP) is 2.63. The van der Waals surface area contributed by atoms with Crippen LogP contribution in [0.25, 0.3) is 0 Å². The molecule has 9 heteroatoms. The van der Waals surface area contributed by atoms with E-state index in [9.17, 15) is 4.79 Å². The van der Waals surface area contributed by atoms with E-state index in [0.29, 0.717) is 11.7 Å². The minimum absolute atomic E-state index is 0.0971. The molecule has 0 saturated heterocycles. The summed E-state index contributed by atoms with van der Waals surface area (Å²) in [5.41, 5.74) is 0.903. The van der Waals surface area contributed by atoms with Gasteiger partial charge in [-0.2, -0.15) is 0 Å². The Balaban J connectivity index is 1.78. The molecule has 0 aromatic carbocycles. The van der Waals surface area contributed by atoms with Crippen LogP contribution in [0, 0.1) is 6.92 Å². The van der Waals surface area contributed by atoms with Crippen LogP contribution in [0.5, 0.6) is 0 Å². The molecule has 0 atom stereocenters. The van der Waals surface area contributed by atoms with Gasteiger partial charge in [-0.25, -0.2) is 4.98 Å². The van der Waals surface area contributed by atoms with Crippen molar-refractivity contribution in [3.63, 3.8) is 0 Å². The van der Waals surface area contributed by atoms with Crippen LogP contribution in [-0.4, -0.2) is 33.4 Å². The molecule has 2 heterocycles. The highest BCUT2D eigenvalue weighted by atomic mass is 32.2. The summed E-state index contributed by atoms with van der Waals surface area (Å²) >= 11 is 4.18. The molecule has 1 amide bonds. The molecule has 2 aromatic rings. The van der Waals surface area contributed by atoms with Crippen LogP contribution >= 0.6 is 34.4 Å². The highest BCUT2D eigenvalue weighted by Gasteiger charge is 2.09. The van der Waals surface area contributed by atoms with Gasteiger partial charge in [-0.3, -0.25) is 4.79 Å². The lowest BCUT2D eigenvalue weighted by Gasteiger charge is -1.99. The molecule has 0 aliphatic carbocycles. The normalized spacial score (nSPS) is 10.2. The molecule has 106 valence electrons. The molecule has 2 aromatic heterocycles. The van der Waals surface area contributed by atoms with Crippen molar-refractivity contribution in [1.82, 2.24) is 15.2 Å². The molecule has 0 aliphatic rings. The van der Waals surface area contributed by atoms with E-state index in [1.54, 1.807) is 6.08 Å². The standard InChI is InChI=1S/C11H13N5OS3/c1-3-4-12-9-15-16-11(20-9)19-6-8(17)14-10-13-7(2)5-18-10/h3,5H,1,4,6H2,2H3,(H,12,15)(H,13,14,17). The highest BCUT2D eigenvalue weighted by molar-refractivity contribution is 8.01. The maximum Gasteiger partial charge on any atom is 0.236 e. The number of hydrogen-bond donors (Lipinski definition) is 2. The molecule has 0 unspecified atom stereocenters. The van der Waals surface area contributed by atoms with Crippen LogP contribution in [0.15, 0.2) is 22.4 Å². The molecular weight excluding hydrogens is 314 g/mol. The summed E-state index contributed by atoms with van der Waals surface area (Å²) in [7, 11) is 0. The Morgan fingerprint density at radius 1 is 1.50 bits per heavy atom. The molecule has 6 nitrogen and oxygen atoms in total. The maximum absolute atomic E-state index is 11.7. The summed E-state index contributed by atoms with van der Waals surface area (Å²) in [5, 5.41) is 17.0. The van der Waals surface area contributed by atoms with E-state index in [-0.39, 0.29) is 11.7 Å². The number of thioether (sulfide) groups is 1. The Morgan fingerprint density at radius 2 is 2.35 bits per heavy atom. The van der Waals surface area contributed by atoms with Gasteiger partial charge >= 0.3 is 0 Å². The van der Waals surface area contributed by atoms with Gasteiger partial charge in [0.05, 0.1) is 11.4 Å². The molecule has 0 aliphatic heterocycles. The van der Waals surface area contributed by atoms with Crippen molar-refractivity contribution >= 4 is 50.6 Å². The molecule has 0 fully saturated rings. The van der Waals surface area contributed by atoms with Gasteiger partial charge in [-0.1, -0.05) is 29.2 Å². The number of nitrogens with zero attached hydrogens (tertiary/aromatic N) is 3. The second kappa shape index (κ2) is 7.36. The lowest BCUT2D eigenvalue weighted by atomic mass is 10.6. The number of aryl methyl sites for hydroxylation is 1. The van der Waals surface area contributed by atoms with Crippen LogP contribution in [0.4, 0.5) is 10.3 Å². The van der Waals surface area contributed by atoms with Crippen molar-refractivity contribution in [3.8, 4) is 0 Å².